The molecular weight excluding hydrogens is 373 g/mol. The summed E-state index contributed by atoms with van der Waals surface area (Å²) in [7, 11) is -0.660. The molecule has 2 rings (SSSR count). The van der Waals surface area contributed by atoms with E-state index in [0.29, 0.717) is 0 Å². The average molecular weight is 405 g/mol. The molecule has 1 atom stereocenters. The van der Waals surface area contributed by atoms with E-state index in [1.807, 2.05) is 58.0 Å². The van der Waals surface area contributed by atoms with Crippen molar-refractivity contribution in [3.63, 3.8) is 0 Å². The highest BCUT2D eigenvalue weighted by molar-refractivity contribution is 6.46. The Hall–Kier alpha value is -2.06. The first kappa shape index (κ1) is 23.2. The molecule has 160 valence electrons. The van der Waals surface area contributed by atoms with E-state index in [9.17, 15) is 9.59 Å². The summed E-state index contributed by atoms with van der Waals surface area (Å²) in [4.78, 5) is 25.0. The first-order valence-corrected chi connectivity index (χ1v) is 9.85. The summed E-state index contributed by atoms with van der Waals surface area (Å²) in [5, 5.41) is 2.60. The van der Waals surface area contributed by atoms with E-state index in [1.54, 1.807) is 20.8 Å². The Morgan fingerprint density at radius 2 is 1.62 bits per heavy atom. The van der Waals surface area contributed by atoms with Gasteiger partial charge in [-0.3, -0.25) is 0 Å². The van der Waals surface area contributed by atoms with Gasteiger partial charge in [0.1, 0.15) is 18.2 Å². The number of esters is 1. The van der Waals surface area contributed by atoms with Crippen LogP contribution in [-0.4, -0.2) is 42.0 Å². The SMILES string of the molecule is CC(C)(C)OC(=O)C(CB1OC(C)(C)C(C)(C)O1)NC(=O)OCc1ccccc1. The van der Waals surface area contributed by atoms with Crippen LogP contribution in [0.4, 0.5) is 4.79 Å². The fraction of sp³-hybridized carbons (Fsp3) is 0.619. The number of benzene rings is 1. The van der Waals surface area contributed by atoms with Gasteiger partial charge in [-0.05, 0) is 54.0 Å². The first-order chi connectivity index (χ1) is 13.3. The Balaban J connectivity index is 2.03. The van der Waals surface area contributed by atoms with Gasteiger partial charge in [0.15, 0.2) is 0 Å². The van der Waals surface area contributed by atoms with Crippen molar-refractivity contribution < 1.29 is 28.4 Å². The molecule has 1 aliphatic rings. The number of hydrogen-bond donors (Lipinski definition) is 1. The molecule has 0 saturated carbocycles. The lowest BCUT2D eigenvalue weighted by atomic mass is 9.80. The highest BCUT2D eigenvalue weighted by atomic mass is 16.7. The summed E-state index contributed by atoms with van der Waals surface area (Å²) in [5.74, 6) is -0.566. The molecule has 1 aromatic carbocycles. The number of ether oxygens (including phenoxy) is 2. The summed E-state index contributed by atoms with van der Waals surface area (Å²) >= 11 is 0. The van der Waals surface area contributed by atoms with E-state index in [-0.39, 0.29) is 12.9 Å². The number of amides is 1. The van der Waals surface area contributed by atoms with Gasteiger partial charge in [0, 0.05) is 6.32 Å². The average Bonchev–Trinajstić information content (AvgIpc) is 2.78. The largest absolute Gasteiger partial charge is 0.460 e. The van der Waals surface area contributed by atoms with Gasteiger partial charge in [0.2, 0.25) is 0 Å². The molecule has 8 heteroatoms. The van der Waals surface area contributed by atoms with Crippen LogP contribution >= 0.6 is 0 Å². The number of nitrogens with one attached hydrogen (secondary N) is 1. The van der Waals surface area contributed by atoms with Crippen LogP contribution in [0.3, 0.4) is 0 Å². The molecule has 1 aromatic rings. The molecule has 29 heavy (non-hydrogen) atoms. The van der Waals surface area contributed by atoms with Crippen LogP contribution < -0.4 is 5.32 Å². The van der Waals surface area contributed by atoms with Gasteiger partial charge in [0.25, 0.3) is 0 Å². The third-order valence-electron chi connectivity index (χ3n) is 4.93. The molecule has 1 saturated heterocycles. The number of carbonyl (C=O) groups is 2. The van der Waals surface area contributed by atoms with Crippen molar-refractivity contribution in [3.8, 4) is 0 Å². The van der Waals surface area contributed by atoms with E-state index in [4.69, 9.17) is 18.8 Å². The van der Waals surface area contributed by atoms with Crippen molar-refractivity contribution >= 4 is 19.2 Å². The molecule has 1 fully saturated rings. The van der Waals surface area contributed by atoms with E-state index >= 15 is 0 Å². The lowest BCUT2D eigenvalue weighted by Crippen LogP contribution is -2.46. The molecular formula is C21H32BNO6. The highest BCUT2D eigenvalue weighted by Gasteiger charge is 2.52. The Morgan fingerprint density at radius 1 is 1.07 bits per heavy atom. The van der Waals surface area contributed by atoms with Gasteiger partial charge in [-0.25, -0.2) is 9.59 Å². The van der Waals surface area contributed by atoms with Crippen molar-refractivity contribution in [3.05, 3.63) is 35.9 Å². The van der Waals surface area contributed by atoms with E-state index in [2.05, 4.69) is 5.32 Å². The summed E-state index contributed by atoms with van der Waals surface area (Å²) < 4.78 is 22.6. The van der Waals surface area contributed by atoms with Crippen molar-refractivity contribution in [1.29, 1.82) is 0 Å². The summed E-state index contributed by atoms with van der Waals surface area (Å²) in [6, 6.07) is 8.34. The summed E-state index contributed by atoms with van der Waals surface area (Å²) in [6.45, 7) is 13.1. The third kappa shape index (κ3) is 6.75. The van der Waals surface area contributed by atoms with Crippen LogP contribution in [0.5, 0.6) is 0 Å². The minimum Gasteiger partial charge on any atom is -0.458 e. The quantitative estimate of drug-likeness (QED) is 0.574. The van der Waals surface area contributed by atoms with E-state index in [0.717, 1.165) is 5.56 Å². The fourth-order valence-electron chi connectivity index (χ4n) is 2.75. The maximum Gasteiger partial charge on any atom is 0.460 e. The van der Waals surface area contributed by atoms with E-state index in [1.165, 1.54) is 0 Å². The molecule has 1 amide bonds. The first-order valence-electron chi connectivity index (χ1n) is 9.85. The van der Waals surface area contributed by atoms with Gasteiger partial charge >= 0.3 is 19.2 Å². The Labute approximate surface area is 173 Å². The Kier molecular flexibility index (Phi) is 7.01. The minimum absolute atomic E-state index is 0.101. The van der Waals surface area contributed by atoms with Gasteiger partial charge in [-0.15, -0.1) is 0 Å². The second kappa shape index (κ2) is 8.75. The number of hydrogen-bond acceptors (Lipinski definition) is 6. The lowest BCUT2D eigenvalue weighted by molar-refractivity contribution is -0.156. The zero-order chi connectivity index (χ0) is 21.9. The monoisotopic (exact) mass is 405 g/mol. The van der Waals surface area contributed by atoms with Crippen LogP contribution in [0.15, 0.2) is 30.3 Å². The zero-order valence-electron chi connectivity index (χ0n) is 18.4. The van der Waals surface area contributed by atoms with Gasteiger partial charge in [-0.1, -0.05) is 30.3 Å². The fourth-order valence-corrected chi connectivity index (χ4v) is 2.75. The van der Waals surface area contributed by atoms with Crippen molar-refractivity contribution in [2.75, 3.05) is 0 Å². The molecule has 0 aliphatic carbocycles. The predicted molar refractivity (Wildman–Crippen MR) is 110 cm³/mol. The Morgan fingerprint density at radius 3 is 2.14 bits per heavy atom. The van der Waals surface area contributed by atoms with Crippen molar-refractivity contribution in [2.24, 2.45) is 0 Å². The molecule has 1 N–H and O–H groups in total. The maximum atomic E-state index is 12.7. The van der Waals surface area contributed by atoms with Crippen LogP contribution in [0.1, 0.15) is 54.0 Å². The molecule has 0 spiro atoms. The molecule has 0 bridgehead atoms. The standard InChI is InChI=1S/C21H32BNO6/c1-19(2,3)27-17(24)16(13-22-28-20(4,5)21(6,7)29-22)23-18(25)26-14-15-11-9-8-10-12-15/h8-12,16H,13-14H2,1-7H3,(H,23,25). The summed E-state index contributed by atoms with van der Waals surface area (Å²) in [5.41, 5.74) is -0.920. The molecule has 0 radical (unpaired) electrons. The predicted octanol–water partition coefficient (Wildman–Crippen LogP) is 3.72. The molecule has 1 heterocycles. The number of alkyl carbamates (subject to hydrolysis) is 1. The second-order valence-corrected chi connectivity index (χ2v) is 9.21. The summed E-state index contributed by atoms with van der Waals surface area (Å²) in [6.07, 6.45) is -0.594. The molecule has 1 unspecified atom stereocenters. The third-order valence-corrected chi connectivity index (χ3v) is 4.93. The zero-order valence-corrected chi connectivity index (χ0v) is 18.4. The van der Waals surface area contributed by atoms with Crippen LogP contribution in [0.25, 0.3) is 0 Å². The van der Waals surface area contributed by atoms with E-state index < -0.39 is 42.0 Å². The van der Waals surface area contributed by atoms with Gasteiger partial charge in [-0.2, -0.15) is 0 Å². The van der Waals surface area contributed by atoms with Crippen LogP contribution in [-0.2, 0) is 30.2 Å². The number of rotatable bonds is 6. The minimum atomic E-state index is -0.966. The maximum absolute atomic E-state index is 12.7. The van der Waals surface area contributed by atoms with Crippen LogP contribution in [0.2, 0.25) is 6.32 Å². The highest BCUT2D eigenvalue weighted by Crippen LogP contribution is 2.38. The van der Waals surface area contributed by atoms with Crippen molar-refractivity contribution in [2.45, 2.75) is 84.2 Å². The molecule has 1 aliphatic heterocycles. The van der Waals surface area contributed by atoms with Crippen LogP contribution in [0, 0.1) is 0 Å². The van der Waals surface area contributed by atoms with Gasteiger partial charge in [0.05, 0.1) is 11.2 Å². The molecule has 0 aromatic heterocycles. The Bertz CT molecular complexity index is 698. The molecule has 7 nitrogen and oxygen atoms in total. The van der Waals surface area contributed by atoms with Gasteiger partial charge < -0.3 is 24.1 Å². The van der Waals surface area contributed by atoms with Crippen molar-refractivity contribution in [1.82, 2.24) is 5.32 Å². The second-order valence-electron chi connectivity index (χ2n) is 9.21. The topological polar surface area (TPSA) is 83.1 Å². The smallest absolute Gasteiger partial charge is 0.458 e. The lowest BCUT2D eigenvalue weighted by Gasteiger charge is -2.32. The normalized spacial score (nSPS) is 18.8. The number of carbonyl (C=O) groups excluding carboxylic acids is 2.